The highest BCUT2D eigenvalue weighted by Gasteiger charge is 2.15. The molecule has 1 saturated heterocycles. The van der Waals surface area contributed by atoms with E-state index in [1.54, 1.807) is 0 Å². The topological polar surface area (TPSA) is 12.0 Å². The molecule has 1 aliphatic heterocycles. The number of hydrogen-bond donors (Lipinski definition) is 1. The minimum atomic E-state index is 0.579. The van der Waals surface area contributed by atoms with E-state index in [9.17, 15) is 0 Å². The van der Waals surface area contributed by atoms with Crippen molar-refractivity contribution >= 4 is 23.4 Å². The summed E-state index contributed by atoms with van der Waals surface area (Å²) in [6, 6.07) is 7.16. The van der Waals surface area contributed by atoms with E-state index in [1.165, 1.54) is 29.8 Å². The van der Waals surface area contributed by atoms with E-state index < -0.39 is 0 Å². The molecule has 0 aromatic heterocycles. The molecular weight excluding hydrogens is 250 g/mol. The maximum Gasteiger partial charge on any atom is 0.0544 e. The number of benzene rings is 1. The summed E-state index contributed by atoms with van der Waals surface area (Å²) >= 11 is 8.15. The average molecular weight is 270 g/mol. The zero-order chi connectivity index (χ0) is 12.3. The monoisotopic (exact) mass is 269 g/mol. The Kier molecular flexibility index (Phi) is 4.78. The van der Waals surface area contributed by atoms with Crippen molar-refractivity contribution in [3.05, 3.63) is 28.8 Å². The van der Waals surface area contributed by atoms with Crippen LogP contribution in [-0.2, 0) is 6.42 Å². The van der Waals surface area contributed by atoms with E-state index in [0.717, 1.165) is 11.4 Å². The molecule has 17 heavy (non-hydrogen) atoms. The van der Waals surface area contributed by atoms with E-state index in [1.807, 2.05) is 11.8 Å². The predicted molar refractivity (Wildman–Crippen MR) is 77.2 cm³/mol. The first-order valence-electron chi connectivity index (χ1n) is 6.33. The Morgan fingerprint density at radius 1 is 1.47 bits per heavy atom. The van der Waals surface area contributed by atoms with Crippen LogP contribution in [0.2, 0.25) is 5.02 Å². The van der Waals surface area contributed by atoms with Crippen LogP contribution in [0, 0.1) is 0 Å². The van der Waals surface area contributed by atoms with Crippen LogP contribution in [0.3, 0.4) is 0 Å². The largest absolute Gasteiger partial charge is 0.314 e. The number of nitrogens with one attached hydrogen (secondary N) is 1. The highest BCUT2D eigenvalue weighted by molar-refractivity contribution is 8.00. The first-order valence-corrected chi connectivity index (χ1v) is 7.59. The standard InChI is InChI=1S/C14H20ClNS/c1-10(2)17-14-6-5-11(9-13(14)15)8-12-4-3-7-16-12/h5-6,9-10,12,16H,3-4,7-8H2,1-2H3. The SMILES string of the molecule is CC(C)Sc1ccc(CC2CCCN2)cc1Cl. The quantitative estimate of drug-likeness (QED) is 0.825. The minimum absolute atomic E-state index is 0.579. The van der Waals surface area contributed by atoms with Gasteiger partial charge in [-0.15, -0.1) is 11.8 Å². The van der Waals surface area contributed by atoms with Gasteiger partial charge in [0.2, 0.25) is 0 Å². The van der Waals surface area contributed by atoms with Gasteiger partial charge in [-0.05, 0) is 43.5 Å². The molecule has 0 aliphatic carbocycles. The summed E-state index contributed by atoms with van der Waals surface area (Å²) in [5.74, 6) is 0. The van der Waals surface area contributed by atoms with Gasteiger partial charge in [-0.2, -0.15) is 0 Å². The van der Waals surface area contributed by atoms with E-state index >= 15 is 0 Å². The molecule has 1 unspecified atom stereocenters. The smallest absolute Gasteiger partial charge is 0.0544 e. The van der Waals surface area contributed by atoms with Gasteiger partial charge in [-0.25, -0.2) is 0 Å². The molecular formula is C14H20ClNS. The number of rotatable bonds is 4. The molecule has 1 aromatic rings. The molecule has 1 N–H and O–H groups in total. The Morgan fingerprint density at radius 2 is 2.29 bits per heavy atom. The van der Waals surface area contributed by atoms with E-state index in [-0.39, 0.29) is 0 Å². The van der Waals surface area contributed by atoms with Gasteiger partial charge in [-0.1, -0.05) is 31.5 Å². The van der Waals surface area contributed by atoms with E-state index in [4.69, 9.17) is 11.6 Å². The van der Waals surface area contributed by atoms with Crippen molar-refractivity contribution in [3.8, 4) is 0 Å². The zero-order valence-electron chi connectivity index (χ0n) is 10.5. The Labute approximate surface area is 113 Å². The van der Waals surface area contributed by atoms with Crippen molar-refractivity contribution in [2.75, 3.05) is 6.54 Å². The first-order chi connectivity index (χ1) is 8.15. The minimum Gasteiger partial charge on any atom is -0.314 e. The highest BCUT2D eigenvalue weighted by Crippen LogP contribution is 2.31. The second-order valence-electron chi connectivity index (χ2n) is 4.93. The Morgan fingerprint density at radius 3 is 2.88 bits per heavy atom. The lowest BCUT2D eigenvalue weighted by Crippen LogP contribution is -2.23. The highest BCUT2D eigenvalue weighted by atomic mass is 35.5. The normalized spacial score (nSPS) is 20.1. The fourth-order valence-electron chi connectivity index (χ4n) is 2.24. The molecule has 2 rings (SSSR count). The summed E-state index contributed by atoms with van der Waals surface area (Å²) < 4.78 is 0. The molecule has 1 nitrogen and oxygen atoms in total. The van der Waals surface area contributed by atoms with Gasteiger partial charge in [0, 0.05) is 16.2 Å². The molecule has 1 fully saturated rings. The van der Waals surface area contributed by atoms with Crippen molar-refractivity contribution in [1.82, 2.24) is 5.32 Å². The second kappa shape index (κ2) is 6.12. The van der Waals surface area contributed by atoms with Crippen LogP contribution in [-0.4, -0.2) is 17.8 Å². The molecule has 0 saturated carbocycles. The van der Waals surface area contributed by atoms with Gasteiger partial charge in [-0.3, -0.25) is 0 Å². The summed E-state index contributed by atoms with van der Waals surface area (Å²) in [4.78, 5) is 1.20. The second-order valence-corrected chi connectivity index (χ2v) is 6.95. The van der Waals surface area contributed by atoms with Crippen molar-refractivity contribution < 1.29 is 0 Å². The van der Waals surface area contributed by atoms with Gasteiger partial charge < -0.3 is 5.32 Å². The van der Waals surface area contributed by atoms with Crippen LogP contribution >= 0.6 is 23.4 Å². The molecule has 94 valence electrons. The maximum absolute atomic E-state index is 6.32. The van der Waals surface area contributed by atoms with Crippen molar-refractivity contribution in [2.45, 2.75) is 49.3 Å². The molecule has 1 aromatic carbocycles. The van der Waals surface area contributed by atoms with Crippen molar-refractivity contribution in [1.29, 1.82) is 0 Å². The molecule has 1 heterocycles. The zero-order valence-corrected chi connectivity index (χ0v) is 12.1. The van der Waals surface area contributed by atoms with Crippen LogP contribution in [0.4, 0.5) is 0 Å². The maximum atomic E-state index is 6.32. The van der Waals surface area contributed by atoms with Gasteiger partial charge in [0.05, 0.1) is 5.02 Å². The van der Waals surface area contributed by atoms with Gasteiger partial charge in [0.15, 0.2) is 0 Å². The van der Waals surface area contributed by atoms with Crippen LogP contribution in [0.15, 0.2) is 23.1 Å². The fourth-order valence-corrected chi connectivity index (χ4v) is 3.40. The van der Waals surface area contributed by atoms with Crippen LogP contribution in [0.5, 0.6) is 0 Å². The molecule has 0 spiro atoms. The third kappa shape index (κ3) is 3.90. The molecule has 1 aliphatic rings. The van der Waals surface area contributed by atoms with Crippen LogP contribution < -0.4 is 5.32 Å². The van der Waals surface area contributed by atoms with E-state index in [0.29, 0.717) is 11.3 Å². The summed E-state index contributed by atoms with van der Waals surface area (Å²) in [6.07, 6.45) is 3.70. The lowest BCUT2D eigenvalue weighted by Gasteiger charge is -2.12. The molecule has 1 atom stereocenters. The lowest BCUT2D eigenvalue weighted by molar-refractivity contribution is 0.603. The summed E-state index contributed by atoms with van der Waals surface area (Å²) in [5, 5.41) is 5.00. The number of halogens is 1. The van der Waals surface area contributed by atoms with Crippen LogP contribution in [0.25, 0.3) is 0 Å². The fraction of sp³-hybridized carbons (Fsp3) is 0.571. The van der Waals surface area contributed by atoms with Crippen LogP contribution in [0.1, 0.15) is 32.3 Å². The summed E-state index contributed by atoms with van der Waals surface area (Å²) in [5.41, 5.74) is 1.35. The van der Waals surface area contributed by atoms with Gasteiger partial charge in [0.1, 0.15) is 0 Å². The average Bonchev–Trinajstić information content (AvgIpc) is 2.74. The third-order valence-electron chi connectivity index (χ3n) is 3.00. The summed E-state index contributed by atoms with van der Waals surface area (Å²) in [7, 11) is 0. The molecule has 0 bridgehead atoms. The first kappa shape index (κ1) is 13.3. The Hall–Kier alpha value is -0.180. The predicted octanol–water partition coefficient (Wildman–Crippen LogP) is 4.14. The van der Waals surface area contributed by atoms with E-state index in [2.05, 4.69) is 37.4 Å². The summed E-state index contributed by atoms with van der Waals surface area (Å²) in [6.45, 7) is 5.55. The molecule has 0 radical (unpaired) electrons. The third-order valence-corrected chi connectivity index (χ3v) is 4.51. The van der Waals surface area contributed by atoms with Gasteiger partial charge in [0.25, 0.3) is 0 Å². The molecule has 3 heteroatoms. The Bertz CT molecular complexity index is 372. The molecule has 0 amide bonds. The van der Waals surface area contributed by atoms with Crippen molar-refractivity contribution in [3.63, 3.8) is 0 Å². The van der Waals surface area contributed by atoms with Gasteiger partial charge >= 0.3 is 0 Å². The lowest BCUT2D eigenvalue weighted by atomic mass is 10.1. The Balaban J connectivity index is 2.02. The van der Waals surface area contributed by atoms with Crippen molar-refractivity contribution in [2.24, 2.45) is 0 Å². The number of hydrogen-bond acceptors (Lipinski definition) is 2. The number of thioether (sulfide) groups is 1.